The van der Waals surface area contributed by atoms with Crippen molar-refractivity contribution in [1.82, 2.24) is 0 Å². The van der Waals surface area contributed by atoms with Crippen LogP contribution in [0.2, 0.25) is 0 Å². The minimum absolute atomic E-state index is 0.219. The van der Waals surface area contributed by atoms with Gasteiger partial charge in [-0.3, -0.25) is 0 Å². The predicted molar refractivity (Wildman–Crippen MR) is 486 cm³/mol. The molecule has 7 heterocycles. The molecule has 0 unspecified atom stereocenters. The lowest BCUT2D eigenvalue weighted by atomic mass is 9.27. The third-order valence-corrected chi connectivity index (χ3v) is 25.8. The van der Waals surface area contributed by atoms with Gasteiger partial charge in [-0.25, -0.2) is 0 Å². The van der Waals surface area contributed by atoms with Crippen molar-refractivity contribution in [3.05, 3.63) is 388 Å². The quantitative estimate of drug-likeness (QED) is 0.141. The molecule has 9 heteroatoms. The van der Waals surface area contributed by atoms with E-state index >= 15 is 0 Å². The van der Waals surface area contributed by atoms with Gasteiger partial charge in [0.25, 0.3) is 20.1 Å². The lowest BCUT2D eigenvalue weighted by Gasteiger charge is -2.53. The van der Waals surface area contributed by atoms with Crippen LogP contribution in [0.15, 0.2) is 388 Å². The van der Waals surface area contributed by atoms with Crippen molar-refractivity contribution in [3.63, 3.8) is 0 Å². The van der Waals surface area contributed by atoms with Gasteiger partial charge in [0.1, 0.15) is 0 Å². The zero-order chi connectivity index (χ0) is 74.8. The first-order chi connectivity index (χ1) is 57.0. The van der Waals surface area contributed by atoms with Gasteiger partial charge < -0.3 is 29.2 Å². The molecule has 0 amide bonds. The molecule has 19 aromatic rings. The maximum Gasteiger partial charge on any atom is 0.252 e. The molecule has 6 nitrogen and oxygen atoms in total. The normalized spacial score (nSPS) is 13.7. The fourth-order valence-electron chi connectivity index (χ4n) is 20.9. The molecule has 0 saturated carbocycles. The predicted octanol–water partition coefficient (Wildman–Crippen LogP) is 21.9. The Balaban J connectivity index is 0.801. The minimum Gasteiger partial charge on any atom is -0.452 e. The third kappa shape index (κ3) is 8.98. The van der Waals surface area contributed by atoms with Crippen LogP contribution in [0, 0.1) is 0 Å². The van der Waals surface area contributed by atoms with Gasteiger partial charge in [0, 0.05) is 84.7 Å². The number of nitrogens with zero attached hydrogens (tertiary/aromatic N) is 5. The van der Waals surface area contributed by atoms with Crippen LogP contribution in [0.1, 0.15) is 0 Å². The summed E-state index contributed by atoms with van der Waals surface area (Å²) in [7, 11) is 0. The van der Waals surface area contributed by atoms with Crippen LogP contribution in [-0.2, 0) is 0 Å². The monoisotopic (exact) mass is 1460 g/mol. The SMILES string of the molecule is c1ccc(-c2ccc(N3c4cc5c(cc4B4c6cc7ccccc7cc6N(c6ccc(-c7ccccc7)cc6)c6cccc3c64)B3c4cc6ccccc6c6c4N4c7c3c(cc3c7B(c7cc8ccccc8cc7N3c3ccc(-c7ccccc7)cc3)c3cc7ccccc7c(c34)O6)N5c3ccc(-c4ccccc4)cc3)cc2)cc1. The highest BCUT2D eigenvalue weighted by Crippen LogP contribution is 2.60. The van der Waals surface area contributed by atoms with Gasteiger partial charge in [0.05, 0.1) is 11.4 Å². The van der Waals surface area contributed by atoms with E-state index < -0.39 is 0 Å². The molecule has 7 aliphatic heterocycles. The molecule has 115 heavy (non-hydrogen) atoms. The van der Waals surface area contributed by atoms with E-state index in [0.29, 0.717) is 0 Å². The van der Waals surface area contributed by atoms with Crippen LogP contribution < -0.4 is 78.4 Å². The Labute approximate surface area is 666 Å². The van der Waals surface area contributed by atoms with Crippen molar-refractivity contribution in [1.29, 1.82) is 0 Å². The molecule has 0 aromatic heterocycles. The van der Waals surface area contributed by atoms with Gasteiger partial charge in [-0.15, -0.1) is 0 Å². The van der Waals surface area contributed by atoms with Gasteiger partial charge in [-0.1, -0.05) is 303 Å². The summed E-state index contributed by atoms with van der Waals surface area (Å²) in [4.78, 5) is 13.2. The number of anilines is 15. The van der Waals surface area contributed by atoms with E-state index in [1.807, 2.05) is 0 Å². The van der Waals surface area contributed by atoms with E-state index in [2.05, 4.69) is 413 Å². The van der Waals surface area contributed by atoms with E-state index in [9.17, 15) is 0 Å². The highest BCUT2D eigenvalue weighted by molar-refractivity contribution is 7.06. The molecule has 528 valence electrons. The van der Waals surface area contributed by atoms with E-state index in [1.54, 1.807) is 0 Å². The average Bonchev–Trinajstić information content (AvgIpc) is 0.654. The van der Waals surface area contributed by atoms with E-state index in [-0.39, 0.29) is 20.1 Å². The summed E-state index contributed by atoms with van der Waals surface area (Å²) >= 11 is 0. The van der Waals surface area contributed by atoms with Crippen molar-refractivity contribution in [3.8, 4) is 56.0 Å². The maximum absolute atomic E-state index is 8.04. The number of hydrogen-bond donors (Lipinski definition) is 0. The summed E-state index contributed by atoms with van der Waals surface area (Å²) in [5.74, 6) is 1.77. The third-order valence-electron chi connectivity index (χ3n) is 25.8. The molecule has 0 spiro atoms. The number of benzene rings is 19. The lowest BCUT2D eigenvalue weighted by molar-refractivity contribution is 0.489. The molecule has 7 aliphatic rings. The van der Waals surface area contributed by atoms with E-state index in [4.69, 9.17) is 4.74 Å². The zero-order valence-corrected chi connectivity index (χ0v) is 62.3. The molecular weight excluding hydrogens is 1390 g/mol. The van der Waals surface area contributed by atoms with Gasteiger partial charge in [0.15, 0.2) is 11.5 Å². The molecular formula is C106H64B3N5O. The van der Waals surface area contributed by atoms with E-state index in [0.717, 1.165) is 118 Å². The number of rotatable bonds is 8. The molecule has 0 aliphatic carbocycles. The van der Waals surface area contributed by atoms with Crippen molar-refractivity contribution >= 4 is 198 Å². The highest BCUT2D eigenvalue weighted by Gasteiger charge is 2.56. The first-order valence-electron chi connectivity index (χ1n) is 40.0. The Morgan fingerprint density at radius 3 is 0.826 bits per heavy atom. The van der Waals surface area contributed by atoms with Crippen molar-refractivity contribution in [2.75, 3.05) is 24.5 Å². The smallest absolute Gasteiger partial charge is 0.252 e. The van der Waals surface area contributed by atoms with Gasteiger partial charge in [0.2, 0.25) is 0 Å². The minimum atomic E-state index is -0.316. The van der Waals surface area contributed by atoms with Gasteiger partial charge >= 0.3 is 0 Å². The molecule has 0 N–H and O–H groups in total. The second-order valence-corrected chi connectivity index (χ2v) is 31.7. The van der Waals surface area contributed by atoms with Crippen LogP contribution in [-0.4, -0.2) is 20.1 Å². The second kappa shape index (κ2) is 23.9. The van der Waals surface area contributed by atoms with E-state index in [1.165, 1.54) is 115 Å². The molecule has 19 aromatic carbocycles. The summed E-state index contributed by atoms with van der Waals surface area (Å²) in [6, 6.07) is 146. The van der Waals surface area contributed by atoms with Crippen LogP contribution in [0.5, 0.6) is 11.5 Å². The second-order valence-electron chi connectivity index (χ2n) is 31.7. The summed E-state index contributed by atoms with van der Waals surface area (Å²) in [6.07, 6.45) is 0. The Morgan fingerprint density at radius 2 is 0.452 bits per heavy atom. The lowest BCUT2D eigenvalue weighted by Crippen LogP contribution is -2.69. The molecule has 0 radical (unpaired) electrons. The fraction of sp³-hybridized carbons (Fsp3) is 0. The molecule has 26 rings (SSSR count). The van der Waals surface area contributed by atoms with Crippen LogP contribution in [0.4, 0.5) is 85.3 Å². The first kappa shape index (κ1) is 62.9. The maximum atomic E-state index is 8.04. The Kier molecular flexibility index (Phi) is 13.1. The van der Waals surface area contributed by atoms with Crippen molar-refractivity contribution in [2.45, 2.75) is 0 Å². The summed E-state index contributed by atoms with van der Waals surface area (Å²) in [5, 5.41) is 9.25. The summed E-state index contributed by atoms with van der Waals surface area (Å²) in [5.41, 5.74) is 37.5. The summed E-state index contributed by atoms with van der Waals surface area (Å²) < 4.78 is 8.04. The van der Waals surface area contributed by atoms with Gasteiger partial charge in [-0.05, 0) is 211 Å². The molecule has 0 saturated heterocycles. The highest BCUT2D eigenvalue weighted by atomic mass is 16.5. The largest absolute Gasteiger partial charge is 0.452 e. The van der Waals surface area contributed by atoms with Crippen LogP contribution >= 0.6 is 0 Å². The zero-order valence-electron chi connectivity index (χ0n) is 62.3. The topological polar surface area (TPSA) is 25.4 Å². The number of hydrogen-bond acceptors (Lipinski definition) is 6. The molecule has 0 fully saturated rings. The van der Waals surface area contributed by atoms with Crippen molar-refractivity contribution < 1.29 is 4.74 Å². The summed E-state index contributed by atoms with van der Waals surface area (Å²) in [6.45, 7) is -0.755. The van der Waals surface area contributed by atoms with Crippen molar-refractivity contribution in [2.24, 2.45) is 0 Å². The standard InChI is InChI=1S/C106H64B3N5O/c1-5-22-65(23-6-1)69-40-48-79(49-41-69)110-91-38-21-39-92-99(91)107(85-56-73-30-13-15-32-75(73)60-93(85)110)87-62-88-96(63-95(87)111(92)80-50-42-70(43-51-80)66-24-7-2-8-25-66)113(82-54-46-72(47-55-82)68-28-11-4-12-29-68)98-64-97-100-104-101(98)109(88)90-59-78-35-18-20-37-84(78)106-103(90)114(104)102-89(58-77-34-17-19-36-83(77)105(102)115-106)108(100)86-57-74-31-14-16-33-76(74)61-94(86)112(97)81-52-44-71(45-53-81)67-26-9-3-10-27-67/h1-64H. The Bertz CT molecular complexity index is 7390. The Morgan fingerprint density at radius 1 is 0.174 bits per heavy atom. The number of fused-ring (bicyclic) bond motifs is 16. The molecule has 0 bridgehead atoms. The number of ether oxygens (including phenoxy) is 1. The Hall–Kier alpha value is -14.8. The average molecular weight is 1460 g/mol. The fourth-order valence-corrected chi connectivity index (χ4v) is 20.9. The van der Waals surface area contributed by atoms with Crippen LogP contribution in [0.25, 0.3) is 87.6 Å². The first-order valence-corrected chi connectivity index (χ1v) is 40.0. The van der Waals surface area contributed by atoms with Gasteiger partial charge in [-0.2, -0.15) is 0 Å². The molecule has 0 atom stereocenters. The van der Waals surface area contributed by atoms with Crippen LogP contribution in [0.3, 0.4) is 0 Å².